The minimum absolute atomic E-state index is 0.0887. The molecular formula is C33H50BrN3O7. The molecule has 0 unspecified atom stereocenters. The lowest BCUT2D eigenvalue weighted by Gasteiger charge is -2.45. The third-order valence-electron chi connectivity index (χ3n) is 9.10. The molecule has 0 aromatic carbocycles. The summed E-state index contributed by atoms with van der Waals surface area (Å²) >= 11 is 3.60. The Labute approximate surface area is 270 Å². The van der Waals surface area contributed by atoms with E-state index in [0.29, 0.717) is 43.3 Å². The van der Waals surface area contributed by atoms with Crippen molar-refractivity contribution < 1.29 is 33.8 Å². The summed E-state index contributed by atoms with van der Waals surface area (Å²) in [5.74, 6) is -3.07. The average Bonchev–Trinajstić information content (AvgIpc) is 3.50. The van der Waals surface area contributed by atoms with Gasteiger partial charge in [-0.3, -0.25) is 19.2 Å². The molecule has 1 spiro atoms. The molecule has 0 aliphatic carbocycles. The number of nitrogens with one attached hydrogen (secondary N) is 1. The number of hydrogen-bond donors (Lipinski definition) is 2. The van der Waals surface area contributed by atoms with Crippen LogP contribution in [0.5, 0.6) is 0 Å². The number of ether oxygens (including phenoxy) is 2. The SMILES string of the molecule is C[C@H]1CNC(=O)CC/C=C\CN(C(C)(C)CC(C)(C)C)C(=O)[C@H]2N(CCCCCCO)C(=O)[C@@H]3[C@@H](C(=O)O1)[C@@H]1O[C@@]32C=C1Br. The number of carbonyl (C=O) groups excluding carboxylic acids is 4. The quantitative estimate of drug-likeness (QED) is 0.227. The standard InChI is InChI=1S/C33H50BrN3O7/c1-21-19-35-23(39)14-10-9-12-16-37(32(5,6)20-31(2,3)4)29(41)27-33-18-22(34)26(44-33)24(30(42)43-21)25(33)28(40)36(27)15-11-7-8-13-17-38/h9,12,18,21,24-27,38H,7-8,10-11,13-17,19-20H2,1-6H3,(H,35,39)/b12-9-/t21-,24+,25-,26+,27+,33-/m0/s1. The topological polar surface area (TPSA) is 125 Å². The van der Waals surface area contributed by atoms with E-state index in [-0.39, 0.29) is 42.7 Å². The van der Waals surface area contributed by atoms with Gasteiger partial charge in [0.1, 0.15) is 29.8 Å². The second kappa shape index (κ2) is 13.6. The molecule has 4 aliphatic heterocycles. The van der Waals surface area contributed by atoms with Crippen LogP contribution in [0.1, 0.15) is 86.5 Å². The number of nitrogens with zero attached hydrogens (tertiary/aromatic N) is 2. The number of amides is 3. The fourth-order valence-corrected chi connectivity index (χ4v) is 8.34. The van der Waals surface area contributed by atoms with E-state index in [1.54, 1.807) is 11.8 Å². The maximum absolute atomic E-state index is 15.0. The smallest absolute Gasteiger partial charge is 0.313 e. The van der Waals surface area contributed by atoms with Crippen LogP contribution in [0.3, 0.4) is 0 Å². The van der Waals surface area contributed by atoms with Gasteiger partial charge in [-0.05, 0) is 57.9 Å². The monoisotopic (exact) mass is 679 g/mol. The van der Waals surface area contributed by atoms with E-state index in [9.17, 15) is 24.3 Å². The number of allylic oxidation sites excluding steroid dienone is 1. The third kappa shape index (κ3) is 7.09. The zero-order chi connectivity index (χ0) is 32.4. The van der Waals surface area contributed by atoms with Crippen molar-refractivity contribution in [2.45, 2.75) is 116 Å². The first-order valence-electron chi connectivity index (χ1n) is 16.0. The summed E-state index contributed by atoms with van der Waals surface area (Å²) in [5, 5.41) is 12.1. The molecule has 10 nitrogen and oxygen atoms in total. The molecule has 2 saturated heterocycles. The van der Waals surface area contributed by atoms with Crippen molar-refractivity contribution in [3.8, 4) is 0 Å². The van der Waals surface area contributed by atoms with Gasteiger partial charge in [-0.15, -0.1) is 0 Å². The summed E-state index contributed by atoms with van der Waals surface area (Å²) in [6, 6.07) is -0.961. The molecule has 4 heterocycles. The fourth-order valence-electron chi connectivity index (χ4n) is 7.61. The lowest BCUT2D eigenvalue weighted by Crippen LogP contribution is -2.60. The molecule has 2 N–H and O–H groups in total. The number of cyclic esters (lactones) is 1. The van der Waals surface area contributed by atoms with Gasteiger partial charge in [-0.2, -0.15) is 0 Å². The molecular weight excluding hydrogens is 630 g/mol. The molecule has 2 fully saturated rings. The van der Waals surface area contributed by atoms with E-state index in [4.69, 9.17) is 9.47 Å². The number of halogens is 1. The number of aliphatic hydroxyl groups excluding tert-OH is 1. The van der Waals surface area contributed by atoms with Gasteiger partial charge in [-0.25, -0.2) is 0 Å². The molecule has 0 aromatic rings. The minimum atomic E-state index is -1.32. The van der Waals surface area contributed by atoms with Crippen molar-refractivity contribution in [3.05, 3.63) is 22.7 Å². The van der Waals surface area contributed by atoms with Crippen LogP contribution < -0.4 is 5.32 Å². The predicted molar refractivity (Wildman–Crippen MR) is 169 cm³/mol. The Kier molecular flexibility index (Phi) is 10.7. The molecule has 4 rings (SSSR count). The van der Waals surface area contributed by atoms with E-state index in [0.717, 1.165) is 12.8 Å². The highest BCUT2D eigenvalue weighted by Gasteiger charge is 2.75. The maximum atomic E-state index is 15.0. The minimum Gasteiger partial charge on any atom is -0.460 e. The summed E-state index contributed by atoms with van der Waals surface area (Å²) in [7, 11) is 0. The Morgan fingerprint density at radius 1 is 1.05 bits per heavy atom. The molecule has 44 heavy (non-hydrogen) atoms. The van der Waals surface area contributed by atoms with Crippen LogP contribution >= 0.6 is 15.9 Å². The first kappa shape index (κ1) is 34.6. The number of likely N-dealkylation sites (tertiary alicyclic amines) is 1. The highest BCUT2D eigenvalue weighted by molar-refractivity contribution is 9.11. The Morgan fingerprint density at radius 3 is 2.43 bits per heavy atom. The molecule has 0 aromatic heterocycles. The third-order valence-corrected chi connectivity index (χ3v) is 9.78. The van der Waals surface area contributed by atoms with Gasteiger partial charge >= 0.3 is 5.97 Å². The number of hydrogen-bond acceptors (Lipinski definition) is 7. The van der Waals surface area contributed by atoms with E-state index in [1.807, 2.05) is 37.0 Å². The maximum Gasteiger partial charge on any atom is 0.313 e. The molecule has 0 saturated carbocycles. The highest BCUT2D eigenvalue weighted by atomic mass is 79.9. The number of unbranched alkanes of at least 4 members (excludes halogenated alkanes) is 3. The van der Waals surface area contributed by atoms with Crippen LogP contribution in [0.15, 0.2) is 22.7 Å². The van der Waals surface area contributed by atoms with E-state index in [2.05, 4.69) is 42.0 Å². The number of carbonyl (C=O) groups is 4. The normalized spacial score (nSPS) is 32.5. The summed E-state index contributed by atoms with van der Waals surface area (Å²) in [5.41, 5.74) is -2.00. The molecule has 4 aliphatic rings. The Hall–Kier alpha value is -2.24. The van der Waals surface area contributed by atoms with Gasteiger partial charge in [0.15, 0.2) is 0 Å². The largest absolute Gasteiger partial charge is 0.460 e. The summed E-state index contributed by atoms with van der Waals surface area (Å²) < 4.78 is 13.0. The van der Waals surface area contributed by atoms with Crippen molar-refractivity contribution in [3.63, 3.8) is 0 Å². The zero-order valence-corrected chi connectivity index (χ0v) is 28.7. The number of fused-ring (bicyclic) bond motifs is 2. The van der Waals surface area contributed by atoms with Gasteiger partial charge in [-0.1, -0.05) is 61.7 Å². The van der Waals surface area contributed by atoms with Crippen LogP contribution in [0.25, 0.3) is 0 Å². The summed E-state index contributed by atoms with van der Waals surface area (Å²) in [4.78, 5) is 59.0. The van der Waals surface area contributed by atoms with Crippen LogP contribution in [-0.2, 0) is 28.7 Å². The van der Waals surface area contributed by atoms with Crippen LogP contribution in [0, 0.1) is 17.3 Å². The predicted octanol–water partition coefficient (Wildman–Crippen LogP) is 3.85. The van der Waals surface area contributed by atoms with Gasteiger partial charge in [0.25, 0.3) is 0 Å². The van der Waals surface area contributed by atoms with Crippen molar-refractivity contribution >= 4 is 39.6 Å². The van der Waals surface area contributed by atoms with E-state index >= 15 is 0 Å². The van der Waals surface area contributed by atoms with Crippen molar-refractivity contribution in [2.75, 3.05) is 26.2 Å². The highest BCUT2D eigenvalue weighted by Crippen LogP contribution is 2.59. The first-order chi connectivity index (χ1) is 20.6. The number of esters is 1. The van der Waals surface area contributed by atoms with Gasteiger partial charge < -0.3 is 29.7 Å². The van der Waals surface area contributed by atoms with Gasteiger partial charge in [0, 0.05) is 36.1 Å². The summed E-state index contributed by atoms with van der Waals surface area (Å²) in [6.07, 6.45) is 8.75. The Balaban J connectivity index is 1.80. The van der Waals surface area contributed by atoms with E-state index < -0.39 is 47.2 Å². The molecule has 246 valence electrons. The van der Waals surface area contributed by atoms with Crippen LogP contribution in [0.2, 0.25) is 0 Å². The van der Waals surface area contributed by atoms with Crippen LogP contribution in [-0.4, -0.2) is 94.2 Å². The fraction of sp³-hybridized carbons (Fsp3) is 0.758. The van der Waals surface area contributed by atoms with Crippen molar-refractivity contribution in [2.24, 2.45) is 17.3 Å². The van der Waals surface area contributed by atoms with Gasteiger partial charge in [0.2, 0.25) is 17.7 Å². The van der Waals surface area contributed by atoms with Crippen LogP contribution in [0.4, 0.5) is 0 Å². The van der Waals surface area contributed by atoms with Gasteiger partial charge in [0.05, 0.1) is 12.5 Å². The lowest BCUT2D eigenvalue weighted by atomic mass is 9.74. The summed E-state index contributed by atoms with van der Waals surface area (Å²) in [6.45, 7) is 13.1. The molecule has 11 heteroatoms. The number of aliphatic hydroxyl groups is 1. The number of rotatable bonds is 8. The molecule has 6 atom stereocenters. The first-order valence-corrected chi connectivity index (χ1v) is 16.8. The van der Waals surface area contributed by atoms with Crippen molar-refractivity contribution in [1.82, 2.24) is 15.1 Å². The zero-order valence-electron chi connectivity index (χ0n) is 27.1. The molecule has 3 amide bonds. The lowest BCUT2D eigenvalue weighted by molar-refractivity contribution is -0.159. The Morgan fingerprint density at radius 2 is 1.75 bits per heavy atom. The van der Waals surface area contributed by atoms with Crippen molar-refractivity contribution in [1.29, 1.82) is 0 Å². The molecule has 0 radical (unpaired) electrons. The second-order valence-electron chi connectivity index (χ2n) is 14.6. The average molecular weight is 681 g/mol. The Bertz CT molecular complexity index is 1180. The second-order valence-corrected chi connectivity index (χ2v) is 15.5. The molecule has 5 bridgehead atoms. The van der Waals surface area contributed by atoms with E-state index in [1.165, 1.54) is 0 Å².